The summed E-state index contributed by atoms with van der Waals surface area (Å²) in [6, 6.07) is 0.477. The third kappa shape index (κ3) is 2.48. The van der Waals surface area contributed by atoms with Crippen molar-refractivity contribution in [3.63, 3.8) is 0 Å². The highest BCUT2D eigenvalue weighted by atomic mass is 32.1. The Morgan fingerprint density at radius 1 is 1.38 bits per heavy atom. The van der Waals surface area contributed by atoms with E-state index in [1.54, 1.807) is 10.9 Å². The van der Waals surface area contributed by atoms with Gasteiger partial charge in [0.25, 0.3) is 5.91 Å². The van der Waals surface area contributed by atoms with Gasteiger partial charge in [-0.1, -0.05) is 0 Å². The van der Waals surface area contributed by atoms with E-state index in [9.17, 15) is 4.79 Å². The van der Waals surface area contributed by atoms with Crippen molar-refractivity contribution < 1.29 is 14.3 Å². The Bertz CT molecular complexity index is 510. The van der Waals surface area contributed by atoms with E-state index in [1.165, 1.54) is 11.3 Å². The van der Waals surface area contributed by atoms with Crippen LogP contribution in [0, 0.1) is 0 Å². The van der Waals surface area contributed by atoms with E-state index < -0.39 is 0 Å². The predicted octanol–water partition coefficient (Wildman–Crippen LogP) is 0.459. The molecule has 3 fully saturated rings. The van der Waals surface area contributed by atoms with Crippen molar-refractivity contribution in [2.75, 3.05) is 46.0 Å². The molecule has 4 rings (SSSR count). The van der Waals surface area contributed by atoms with E-state index in [2.05, 4.69) is 9.88 Å². The lowest BCUT2D eigenvalue weighted by atomic mass is 9.88. The number of aromatic nitrogens is 1. The van der Waals surface area contributed by atoms with Gasteiger partial charge in [0.1, 0.15) is 11.3 Å². The monoisotopic (exact) mass is 309 g/mol. The Kier molecular flexibility index (Phi) is 3.45. The van der Waals surface area contributed by atoms with Gasteiger partial charge in [0.05, 0.1) is 38.4 Å². The molecule has 0 aromatic carbocycles. The molecular formula is C14H19N3O3S. The summed E-state index contributed by atoms with van der Waals surface area (Å²) in [5.74, 6) is 0.0281. The number of carbonyl (C=O) groups is 1. The summed E-state index contributed by atoms with van der Waals surface area (Å²) in [6.07, 6.45) is 1.02. The highest BCUT2D eigenvalue weighted by Crippen LogP contribution is 2.37. The van der Waals surface area contributed by atoms with Gasteiger partial charge in [-0.15, -0.1) is 11.3 Å². The van der Waals surface area contributed by atoms with Crippen LogP contribution in [0.15, 0.2) is 10.9 Å². The number of hydrogen-bond acceptors (Lipinski definition) is 6. The summed E-state index contributed by atoms with van der Waals surface area (Å²) in [6.45, 7) is 5.79. The largest absolute Gasteiger partial charge is 0.379 e. The molecule has 1 aromatic heterocycles. The molecule has 1 spiro atoms. The molecule has 1 atom stereocenters. The fraction of sp³-hybridized carbons (Fsp3) is 0.714. The molecule has 1 amide bonds. The van der Waals surface area contributed by atoms with Gasteiger partial charge in [0.2, 0.25) is 0 Å². The molecule has 3 aliphatic rings. The van der Waals surface area contributed by atoms with Crippen molar-refractivity contribution in [3.8, 4) is 0 Å². The second kappa shape index (κ2) is 5.31. The molecule has 21 heavy (non-hydrogen) atoms. The maximum Gasteiger partial charge on any atom is 0.273 e. The number of amides is 1. The molecule has 4 heterocycles. The summed E-state index contributed by atoms with van der Waals surface area (Å²) >= 11 is 1.45. The van der Waals surface area contributed by atoms with Crippen LogP contribution in [0.5, 0.6) is 0 Å². The van der Waals surface area contributed by atoms with Gasteiger partial charge in [-0.2, -0.15) is 0 Å². The first-order chi connectivity index (χ1) is 10.3. The van der Waals surface area contributed by atoms with Gasteiger partial charge in [-0.05, 0) is 6.42 Å². The Morgan fingerprint density at radius 2 is 2.19 bits per heavy atom. The number of nitrogens with zero attached hydrogens (tertiary/aromatic N) is 3. The number of likely N-dealkylation sites (tertiary alicyclic amines) is 1. The summed E-state index contributed by atoms with van der Waals surface area (Å²) in [5, 5.41) is 1.80. The smallest absolute Gasteiger partial charge is 0.273 e. The quantitative estimate of drug-likeness (QED) is 0.794. The molecule has 7 heteroatoms. The third-order valence-corrected chi connectivity index (χ3v) is 5.23. The van der Waals surface area contributed by atoms with Gasteiger partial charge in [0, 0.05) is 24.5 Å². The van der Waals surface area contributed by atoms with E-state index in [-0.39, 0.29) is 11.5 Å². The number of hydrogen-bond donors (Lipinski definition) is 0. The van der Waals surface area contributed by atoms with E-state index in [0.29, 0.717) is 24.8 Å². The molecule has 1 aromatic rings. The highest BCUT2D eigenvalue weighted by Gasteiger charge is 2.52. The number of morpholine rings is 1. The number of ether oxygens (including phenoxy) is 2. The Hall–Kier alpha value is -1.02. The second-order valence-corrected chi connectivity index (χ2v) is 6.75. The zero-order valence-electron chi connectivity index (χ0n) is 11.9. The van der Waals surface area contributed by atoms with Crippen LogP contribution in [0.4, 0.5) is 0 Å². The molecule has 0 N–H and O–H groups in total. The van der Waals surface area contributed by atoms with Crippen LogP contribution in [0.2, 0.25) is 0 Å². The topological polar surface area (TPSA) is 54.9 Å². The molecule has 0 saturated carbocycles. The van der Waals surface area contributed by atoms with Gasteiger partial charge >= 0.3 is 0 Å². The summed E-state index contributed by atoms with van der Waals surface area (Å²) < 4.78 is 11.4. The minimum atomic E-state index is -0.116. The average molecular weight is 309 g/mol. The molecule has 6 nitrogen and oxygen atoms in total. The fourth-order valence-corrected chi connectivity index (χ4v) is 4.02. The molecule has 0 aliphatic carbocycles. The van der Waals surface area contributed by atoms with Crippen LogP contribution >= 0.6 is 11.3 Å². The van der Waals surface area contributed by atoms with Crippen LogP contribution in [0.3, 0.4) is 0 Å². The first-order valence-corrected chi connectivity index (χ1v) is 8.33. The maximum atomic E-state index is 12.2. The first kappa shape index (κ1) is 13.6. The van der Waals surface area contributed by atoms with Crippen LogP contribution in [-0.4, -0.2) is 78.3 Å². The Balaban J connectivity index is 1.33. The lowest BCUT2D eigenvalue weighted by molar-refractivity contribution is -0.0952. The first-order valence-electron chi connectivity index (χ1n) is 7.39. The van der Waals surface area contributed by atoms with E-state index >= 15 is 0 Å². The Labute approximate surface area is 127 Å². The van der Waals surface area contributed by atoms with E-state index in [4.69, 9.17) is 9.47 Å². The van der Waals surface area contributed by atoms with Crippen molar-refractivity contribution in [1.82, 2.24) is 14.8 Å². The van der Waals surface area contributed by atoms with Gasteiger partial charge in [0.15, 0.2) is 0 Å². The third-order valence-electron chi connectivity index (χ3n) is 4.65. The van der Waals surface area contributed by atoms with Gasteiger partial charge in [-0.25, -0.2) is 4.98 Å². The number of thiazole rings is 1. The minimum absolute atomic E-state index is 0.0281. The summed E-state index contributed by atoms with van der Waals surface area (Å²) in [4.78, 5) is 20.6. The fourth-order valence-electron chi connectivity index (χ4n) is 3.49. The van der Waals surface area contributed by atoms with Gasteiger partial charge < -0.3 is 14.4 Å². The zero-order chi connectivity index (χ0) is 14.3. The van der Waals surface area contributed by atoms with Crippen molar-refractivity contribution in [2.45, 2.75) is 18.1 Å². The molecule has 114 valence electrons. The normalized spacial score (nSPS) is 28.8. The SMILES string of the molecule is O=C(c1cscn1)N1CC2(C[C@H](N3CCOCC3)CO2)C1. The minimum Gasteiger partial charge on any atom is -0.379 e. The lowest BCUT2D eigenvalue weighted by Gasteiger charge is -2.47. The van der Waals surface area contributed by atoms with Crippen LogP contribution in [0.1, 0.15) is 16.9 Å². The summed E-state index contributed by atoms with van der Waals surface area (Å²) in [7, 11) is 0. The maximum absolute atomic E-state index is 12.2. The molecule has 0 unspecified atom stereocenters. The van der Waals surface area contributed by atoms with E-state index in [1.807, 2.05) is 4.90 Å². The zero-order valence-corrected chi connectivity index (χ0v) is 12.7. The summed E-state index contributed by atoms with van der Waals surface area (Å²) in [5.41, 5.74) is 2.13. The van der Waals surface area contributed by atoms with Crippen LogP contribution in [-0.2, 0) is 9.47 Å². The molecule has 3 aliphatic heterocycles. The molecule has 0 bridgehead atoms. The molecule has 0 radical (unpaired) electrons. The second-order valence-electron chi connectivity index (χ2n) is 6.04. The van der Waals surface area contributed by atoms with Gasteiger partial charge in [-0.3, -0.25) is 9.69 Å². The van der Waals surface area contributed by atoms with Crippen molar-refractivity contribution in [3.05, 3.63) is 16.6 Å². The predicted molar refractivity (Wildman–Crippen MR) is 77.5 cm³/mol. The molecule has 3 saturated heterocycles. The van der Waals surface area contributed by atoms with Crippen LogP contribution < -0.4 is 0 Å². The highest BCUT2D eigenvalue weighted by molar-refractivity contribution is 7.07. The standard InChI is InChI=1S/C14H19N3O3S/c18-13(12-7-21-10-15-12)17-8-14(9-17)5-11(6-20-14)16-1-3-19-4-2-16/h7,10-11H,1-6,8-9H2/t11-/m0/s1. The lowest BCUT2D eigenvalue weighted by Crippen LogP contribution is -2.63. The van der Waals surface area contributed by atoms with Crippen molar-refractivity contribution in [2.24, 2.45) is 0 Å². The number of rotatable bonds is 2. The van der Waals surface area contributed by atoms with Crippen LogP contribution in [0.25, 0.3) is 0 Å². The average Bonchev–Trinajstić information content (AvgIpc) is 3.15. The van der Waals surface area contributed by atoms with Crippen molar-refractivity contribution >= 4 is 17.2 Å². The number of carbonyl (C=O) groups excluding carboxylic acids is 1. The molecular weight excluding hydrogens is 290 g/mol. The van der Waals surface area contributed by atoms with Crippen molar-refractivity contribution in [1.29, 1.82) is 0 Å². The van der Waals surface area contributed by atoms with E-state index in [0.717, 1.165) is 39.3 Å². The Morgan fingerprint density at radius 3 is 2.90 bits per heavy atom.